The van der Waals surface area contributed by atoms with Gasteiger partial charge in [-0.05, 0) is 84.6 Å². The SMILES string of the molecule is COC(=O)c1cc(Br)ccc1-c1ccc2c(c1)C1(c3ccccc3-c3ccccc31)c1cccc3cccc-2c13. The molecule has 0 aliphatic heterocycles. The van der Waals surface area contributed by atoms with E-state index in [1.165, 1.54) is 62.4 Å². The van der Waals surface area contributed by atoms with Crippen molar-refractivity contribution in [3.63, 3.8) is 0 Å². The van der Waals surface area contributed by atoms with Crippen molar-refractivity contribution in [2.24, 2.45) is 0 Å². The molecule has 6 aromatic carbocycles. The van der Waals surface area contributed by atoms with Gasteiger partial charge in [0.15, 0.2) is 0 Å². The molecule has 0 N–H and O–H groups in total. The summed E-state index contributed by atoms with van der Waals surface area (Å²) in [6, 6.07) is 43.5. The van der Waals surface area contributed by atoms with Crippen molar-refractivity contribution in [1.82, 2.24) is 0 Å². The van der Waals surface area contributed by atoms with Crippen LogP contribution in [0.3, 0.4) is 0 Å². The lowest BCUT2D eigenvalue weighted by Crippen LogP contribution is -2.31. The highest BCUT2D eigenvalue weighted by atomic mass is 79.9. The third-order valence-electron chi connectivity index (χ3n) is 8.67. The van der Waals surface area contributed by atoms with Crippen molar-refractivity contribution in [2.75, 3.05) is 7.11 Å². The molecule has 0 saturated carbocycles. The van der Waals surface area contributed by atoms with E-state index in [0.717, 1.165) is 15.6 Å². The van der Waals surface area contributed by atoms with E-state index in [-0.39, 0.29) is 5.97 Å². The summed E-state index contributed by atoms with van der Waals surface area (Å²) in [6.07, 6.45) is 0. The quantitative estimate of drug-likeness (QED) is 0.191. The lowest BCUT2D eigenvalue weighted by atomic mass is 9.61. The lowest BCUT2D eigenvalue weighted by Gasteiger charge is -2.40. The van der Waals surface area contributed by atoms with E-state index in [2.05, 4.69) is 119 Å². The maximum atomic E-state index is 12.9. The monoisotopic (exact) mass is 578 g/mol. The average molecular weight is 579 g/mol. The number of fused-ring (bicyclic) bond motifs is 9. The van der Waals surface area contributed by atoms with Crippen LogP contribution in [0.5, 0.6) is 0 Å². The van der Waals surface area contributed by atoms with Crippen molar-refractivity contribution in [2.45, 2.75) is 5.41 Å². The number of methoxy groups -OCH3 is 1. The number of carbonyl (C=O) groups is 1. The summed E-state index contributed by atoms with van der Waals surface area (Å²) in [7, 11) is 1.43. The molecule has 2 aliphatic carbocycles. The molecule has 0 amide bonds. The predicted molar refractivity (Wildman–Crippen MR) is 165 cm³/mol. The van der Waals surface area contributed by atoms with Crippen molar-refractivity contribution in [1.29, 1.82) is 0 Å². The maximum Gasteiger partial charge on any atom is 0.338 e. The van der Waals surface area contributed by atoms with Gasteiger partial charge < -0.3 is 4.74 Å². The Labute approximate surface area is 241 Å². The summed E-state index contributed by atoms with van der Waals surface area (Å²) in [4.78, 5) is 12.9. The Bertz CT molecular complexity index is 1990. The maximum absolute atomic E-state index is 12.9. The molecule has 190 valence electrons. The molecule has 0 aromatic heterocycles. The number of esters is 1. The summed E-state index contributed by atoms with van der Waals surface area (Å²) in [5.41, 5.74) is 12.0. The lowest BCUT2D eigenvalue weighted by molar-refractivity contribution is 0.0601. The molecule has 0 unspecified atom stereocenters. The van der Waals surface area contributed by atoms with Gasteiger partial charge in [-0.1, -0.05) is 119 Å². The fourth-order valence-corrected chi connectivity index (χ4v) is 7.50. The molecule has 2 nitrogen and oxygen atoms in total. The molecule has 0 saturated heterocycles. The number of benzene rings is 6. The van der Waals surface area contributed by atoms with E-state index in [0.29, 0.717) is 5.56 Å². The second-order valence-electron chi connectivity index (χ2n) is 10.5. The van der Waals surface area contributed by atoms with Crippen LogP contribution in [-0.4, -0.2) is 13.1 Å². The normalized spacial score (nSPS) is 13.6. The standard InChI is InChI=1S/C37H23BrO2/c1-40-36(39)30-21-24(38)17-19-25(30)23-16-18-28-29-12-6-8-22-9-7-15-33(35(22)29)37(34(28)20-23)31-13-4-2-10-26(31)27-11-3-5-14-32(27)37/h2-21H,1H3. The van der Waals surface area contributed by atoms with Crippen LogP contribution in [0.25, 0.3) is 44.2 Å². The van der Waals surface area contributed by atoms with Crippen LogP contribution in [-0.2, 0) is 10.2 Å². The second-order valence-corrected chi connectivity index (χ2v) is 11.4. The highest BCUT2D eigenvalue weighted by molar-refractivity contribution is 9.10. The smallest absolute Gasteiger partial charge is 0.338 e. The molecule has 40 heavy (non-hydrogen) atoms. The topological polar surface area (TPSA) is 26.3 Å². The molecule has 6 aromatic rings. The van der Waals surface area contributed by atoms with Crippen LogP contribution >= 0.6 is 15.9 Å². The zero-order valence-corrected chi connectivity index (χ0v) is 23.3. The van der Waals surface area contributed by atoms with Gasteiger partial charge in [-0.25, -0.2) is 4.79 Å². The minimum absolute atomic E-state index is 0.351. The number of hydrogen-bond donors (Lipinski definition) is 0. The Hall–Kier alpha value is -4.47. The van der Waals surface area contributed by atoms with Crippen LogP contribution in [0.1, 0.15) is 32.6 Å². The van der Waals surface area contributed by atoms with E-state index < -0.39 is 5.41 Å². The summed E-state index contributed by atoms with van der Waals surface area (Å²) in [5, 5.41) is 2.54. The Morgan fingerprint density at radius 3 is 1.93 bits per heavy atom. The molecule has 0 fully saturated rings. The number of hydrogen-bond acceptors (Lipinski definition) is 2. The minimum Gasteiger partial charge on any atom is -0.465 e. The third-order valence-corrected chi connectivity index (χ3v) is 9.17. The summed E-state index contributed by atoms with van der Waals surface area (Å²) in [6.45, 7) is 0. The van der Waals surface area contributed by atoms with Crippen LogP contribution < -0.4 is 0 Å². The van der Waals surface area contributed by atoms with E-state index in [1.54, 1.807) is 0 Å². The zero-order valence-electron chi connectivity index (χ0n) is 21.7. The van der Waals surface area contributed by atoms with Gasteiger partial charge in [0.05, 0.1) is 18.1 Å². The molecule has 0 atom stereocenters. The first-order valence-corrected chi connectivity index (χ1v) is 14.2. The van der Waals surface area contributed by atoms with E-state index in [9.17, 15) is 4.79 Å². The molecule has 0 radical (unpaired) electrons. The summed E-state index contributed by atoms with van der Waals surface area (Å²) < 4.78 is 6.02. The van der Waals surface area contributed by atoms with E-state index in [1.807, 2.05) is 18.2 Å². The van der Waals surface area contributed by atoms with E-state index in [4.69, 9.17) is 4.74 Å². The summed E-state index contributed by atoms with van der Waals surface area (Å²) in [5.74, 6) is -0.351. The van der Waals surface area contributed by atoms with Gasteiger partial charge in [0.2, 0.25) is 0 Å². The third kappa shape index (κ3) is 2.96. The largest absolute Gasteiger partial charge is 0.465 e. The molecule has 0 bridgehead atoms. The zero-order chi connectivity index (χ0) is 27.0. The van der Waals surface area contributed by atoms with Gasteiger partial charge in [0, 0.05) is 4.47 Å². The number of rotatable bonds is 2. The first-order chi connectivity index (χ1) is 19.6. The van der Waals surface area contributed by atoms with Crippen LogP contribution in [0.15, 0.2) is 126 Å². The average Bonchev–Trinajstić information content (AvgIpc) is 3.30. The first-order valence-electron chi connectivity index (χ1n) is 13.4. The van der Waals surface area contributed by atoms with Crippen LogP contribution in [0.2, 0.25) is 0 Å². The van der Waals surface area contributed by atoms with Crippen LogP contribution in [0, 0.1) is 0 Å². The predicted octanol–water partition coefficient (Wildman–Crippen LogP) is 9.40. The molecular formula is C37H23BrO2. The van der Waals surface area contributed by atoms with Crippen LogP contribution in [0.4, 0.5) is 0 Å². The number of ether oxygens (including phenoxy) is 1. The fourth-order valence-electron chi connectivity index (χ4n) is 7.14. The molecule has 0 heterocycles. The van der Waals surface area contributed by atoms with Crippen molar-refractivity contribution >= 4 is 32.7 Å². The molecule has 1 spiro atoms. The van der Waals surface area contributed by atoms with Gasteiger partial charge in [0.1, 0.15) is 0 Å². The van der Waals surface area contributed by atoms with Gasteiger partial charge in [-0.2, -0.15) is 0 Å². The van der Waals surface area contributed by atoms with Gasteiger partial charge >= 0.3 is 5.97 Å². The molecular weight excluding hydrogens is 556 g/mol. The Balaban J connectivity index is 1.55. The summed E-state index contributed by atoms with van der Waals surface area (Å²) >= 11 is 3.54. The highest BCUT2D eigenvalue weighted by Gasteiger charge is 2.50. The Kier molecular flexibility index (Phi) is 4.98. The van der Waals surface area contributed by atoms with Crippen molar-refractivity contribution < 1.29 is 9.53 Å². The van der Waals surface area contributed by atoms with Gasteiger partial charge in [0.25, 0.3) is 0 Å². The van der Waals surface area contributed by atoms with Gasteiger partial charge in [-0.3, -0.25) is 0 Å². The van der Waals surface area contributed by atoms with E-state index >= 15 is 0 Å². The Morgan fingerprint density at radius 2 is 1.20 bits per heavy atom. The number of halogens is 1. The van der Waals surface area contributed by atoms with Crippen molar-refractivity contribution in [3.8, 4) is 33.4 Å². The minimum atomic E-state index is -0.493. The molecule has 8 rings (SSSR count). The molecule has 3 heteroatoms. The van der Waals surface area contributed by atoms with Crippen molar-refractivity contribution in [3.05, 3.63) is 154 Å². The van der Waals surface area contributed by atoms with Gasteiger partial charge in [-0.15, -0.1) is 0 Å². The Morgan fingerprint density at radius 1 is 0.600 bits per heavy atom. The number of carbonyl (C=O) groups excluding carboxylic acids is 1. The fraction of sp³-hybridized carbons (Fsp3) is 0.0541. The second kappa shape index (κ2) is 8.51. The molecule has 2 aliphatic rings. The first kappa shape index (κ1) is 23.4. The highest BCUT2D eigenvalue weighted by Crippen LogP contribution is 2.62.